The maximum absolute atomic E-state index is 13.2. The summed E-state index contributed by atoms with van der Waals surface area (Å²) in [6.45, 7) is 0.753. The molecule has 4 aromatic rings. The first kappa shape index (κ1) is 19.9. The van der Waals surface area contributed by atoms with E-state index >= 15 is 0 Å². The van der Waals surface area contributed by atoms with Gasteiger partial charge in [0.2, 0.25) is 5.91 Å². The third-order valence-electron chi connectivity index (χ3n) is 6.06. The largest absolute Gasteiger partial charge is 0.333 e. The van der Waals surface area contributed by atoms with Crippen molar-refractivity contribution in [3.05, 3.63) is 69.7 Å². The Morgan fingerprint density at radius 1 is 1.06 bits per heavy atom. The van der Waals surface area contributed by atoms with Crippen molar-refractivity contribution in [1.82, 2.24) is 19.4 Å². The first-order valence-corrected chi connectivity index (χ1v) is 11.5. The van der Waals surface area contributed by atoms with Crippen molar-refractivity contribution in [2.45, 2.75) is 38.1 Å². The van der Waals surface area contributed by atoms with Crippen LogP contribution < -0.4 is 5.56 Å². The number of benzene rings is 2. The van der Waals surface area contributed by atoms with E-state index in [4.69, 9.17) is 4.98 Å². The number of amides is 1. The number of carbonyl (C=O) groups is 1. The highest BCUT2D eigenvalue weighted by Crippen LogP contribution is 2.36. The number of carbonyl (C=O) groups excluding carboxylic acids is 1. The zero-order chi connectivity index (χ0) is 21.4. The van der Waals surface area contributed by atoms with Crippen molar-refractivity contribution >= 4 is 38.4 Å². The van der Waals surface area contributed by atoms with Gasteiger partial charge in [0.25, 0.3) is 5.56 Å². The average molecular weight is 433 g/mol. The van der Waals surface area contributed by atoms with Crippen LogP contribution in [0.2, 0.25) is 0 Å². The summed E-state index contributed by atoms with van der Waals surface area (Å²) in [6, 6.07) is 15.5. The number of para-hydroxylation sites is 2. The van der Waals surface area contributed by atoms with Gasteiger partial charge in [0, 0.05) is 26.4 Å². The molecular formula is C24H24N4O2S. The number of fused-ring (bicyclic) bond motifs is 2. The molecule has 0 unspecified atom stereocenters. The van der Waals surface area contributed by atoms with Crippen molar-refractivity contribution in [3.8, 4) is 0 Å². The number of hydrogen-bond donors (Lipinski definition) is 0. The lowest BCUT2D eigenvalue weighted by molar-refractivity contribution is -0.135. The van der Waals surface area contributed by atoms with Crippen LogP contribution in [0.15, 0.2) is 53.3 Å². The molecule has 2 aromatic heterocycles. The number of thiazole rings is 1. The predicted molar refractivity (Wildman–Crippen MR) is 123 cm³/mol. The first-order chi connectivity index (χ1) is 15.1. The van der Waals surface area contributed by atoms with Crippen molar-refractivity contribution in [2.24, 2.45) is 7.05 Å². The van der Waals surface area contributed by atoms with Gasteiger partial charge in [-0.2, -0.15) is 0 Å². The lowest BCUT2D eigenvalue weighted by atomic mass is 10.0. The lowest BCUT2D eigenvalue weighted by Gasteiger charge is -2.34. The quantitative estimate of drug-likeness (QED) is 0.484. The van der Waals surface area contributed by atoms with Crippen LogP contribution >= 0.6 is 11.3 Å². The number of likely N-dealkylation sites (tertiary alicyclic amines) is 1. The highest BCUT2D eigenvalue weighted by atomic mass is 32.1. The molecule has 158 valence electrons. The minimum Gasteiger partial charge on any atom is -0.333 e. The van der Waals surface area contributed by atoms with Gasteiger partial charge in [0.1, 0.15) is 10.8 Å². The van der Waals surface area contributed by atoms with E-state index in [0.29, 0.717) is 29.6 Å². The van der Waals surface area contributed by atoms with Crippen LogP contribution in [-0.2, 0) is 18.3 Å². The Morgan fingerprint density at radius 3 is 2.68 bits per heavy atom. The van der Waals surface area contributed by atoms with E-state index in [2.05, 4.69) is 11.1 Å². The zero-order valence-electron chi connectivity index (χ0n) is 17.5. The summed E-state index contributed by atoms with van der Waals surface area (Å²) in [5.41, 5.74) is 1.60. The fraction of sp³-hybridized carbons (Fsp3) is 0.333. The molecule has 1 aliphatic heterocycles. The first-order valence-electron chi connectivity index (χ1n) is 10.7. The van der Waals surface area contributed by atoms with E-state index in [-0.39, 0.29) is 17.5 Å². The van der Waals surface area contributed by atoms with E-state index in [1.807, 2.05) is 41.3 Å². The van der Waals surface area contributed by atoms with E-state index in [0.717, 1.165) is 41.0 Å². The molecule has 1 fully saturated rings. The van der Waals surface area contributed by atoms with E-state index in [9.17, 15) is 9.59 Å². The molecule has 31 heavy (non-hydrogen) atoms. The second kappa shape index (κ2) is 8.23. The lowest BCUT2D eigenvalue weighted by Crippen LogP contribution is -2.38. The molecule has 7 heteroatoms. The molecule has 6 nitrogen and oxygen atoms in total. The van der Waals surface area contributed by atoms with Crippen LogP contribution in [0.25, 0.3) is 21.1 Å². The average Bonchev–Trinajstić information content (AvgIpc) is 3.24. The van der Waals surface area contributed by atoms with Crippen molar-refractivity contribution in [2.75, 3.05) is 6.54 Å². The van der Waals surface area contributed by atoms with Gasteiger partial charge < -0.3 is 4.90 Å². The predicted octanol–water partition coefficient (Wildman–Crippen LogP) is 4.23. The third kappa shape index (κ3) is 3.74. The van der Waals surface area contributed by atoms with Crippen LogP contribution in [0.1, 0.15) is 42.6 Å². The van der Waals surface area contributed by atoms with Crippen LogP contribution in [0.3, 0.4) is 0 Å². The second-order valence-corrected chi connectivity index (χ2v) is 9.09. The molecule has 0 radical (unpaired) electrons. The summed E-state index contributed by atoms with van der Waals surface area (Å²) in [5, 5.41) is 1.62. The van der Waals surface area contributed by atoms with Gasteiger partial charge in [-0.1, -0.05) is 24.3 Å². The Labute approximate surface area is 184 Å². The zero-order valence-corrected chi connectivity index (χ0v) is 18.3. The topological polar surface area (TPSA) is 68.1 Å². The summed E-state index contributed by atoms with van der Waals surface area (Å²) in [7, 11) is 1.73. The number of nitrogens with zero attached hydrogens (tertiary/aromatic N) is 4. The SMILES string of the molecule is Cn1c(CCC(=O)N2CCCC[C@@H]2c2nc3ccccc3s2)nc2ccccc2c1=O. The molecule has 5 rings (SSSR count). The highest BCUT2D eigenvalue weighted by Gasteiger charge is 2.30. The Morgan fingerprint density at radius 2 is 1.84 bits per heavy atom. The molecule has 1 amide bonds. The van der Waals surface area contributed by atoms with Gasteiger partial charge in [-0.25, -0.2) is 9.97 Å². The Bertz CT molecular complexity index is 1290. The maximum atomic E-state index is 13.2. The molecule has 0 bridgehead atoms. The normalized spacial score (nSPS) is 16.8. The minimum atomic E-state index is -0.0710. The summed E-state index contributed by atoms with van der Waals surface area (Å²) in [4.78, 5) is 37.3. The van der Waals surface area contributed by atoms with Gasteiger partial charge >= 0.3 is 0 Å². The van der Waals surface area contributed by atoms with E-state index < -0.39 is 0 Å². The third-order valence-corrected chi connectivity index (χ3v) is 7.19. The molecule has 0 aliphatic carbocycles. The molecular weight excluding hydrogens is 408 g/mol. The van der Waals surface area contributed by atoms with E-state index in [1.54, 1.807) is 29.0 Å². The summed E-state index contributed by atoms with van der Waals surface area (Å²) in [5.74, 6) is 0.747. The van der Waals surface area contributed by atoms with Gasteiger partial charge in [-0.15, -0.1) is 11.3 Å². The number of rotatable bonds is 4. The minimum absolute atomic E-state index is 0.0343. The van der Waals surface area contributed by atoms with Crippen LogP contribution in [0.4, 0.5) is 0 Å². The number of piperidine rings is 1. The number of hydrogen-bond acceptors (Lipinski definition) is 5. The fourth-order valence-electron chi connectivity index (χ4n) is 4.37. The highest BCUT2D eigenvalue weighted by molar-refractivity contribution is 7.18. The van der Waals surface area contributed by atoms with E-state index in [1.165, 1.54) is 0 Å². The van der Waals surface area contributed by atoms with Crippen LogP contribution in [-0.4, -0.2) is 31.9 Å². The van der Waals surface area contributed by atoms with Crippen molar-refractivity contribution in [1.29, 1.82) is 0 Å². The molecule has 1 saturated heterocycles. The monoisotopic (exact) mass is 432 g/mol. The smallest absolute Gasteiger partial charge is 0.261 e. The number of aromatic nitrogens is 3. The molecule has 1 atom stereocenters. The molecule has 0 saturated carbocycles. The van der Waals surface area contributed by atoms with Gasteiger partial charge in [-0.05, 0) is 43.5 Å². The molecule has 3 heterocycles. The second-order valence-electron chi connectivity index (χ2n) is 8.03. The van der Waals surface area contributed by atoms with Crippen molar-refractivity contribution in [3.63, 3.8) is 0 Å². The number of aryl methyl sites for hydroxylation is 1. The van der Waals surface area contributed by atoms with Gasteiger partial charge in [0.05, 0.1) is 27.2 Å². The van der Waals surface area contributed by atoms with Crippen molar-refractivity contribution < 1.29 is 4.79 Å². The summed E-state index contributed by atoms with van der Waals surface area (Å²) >= 11 is 1.68. The fourth-order valence-corrected chi connectivity index (χ4v) is 5.48. The maximum Gasteiger partial charge on any atom is 0.261 e. The molecule has 0 N–H and O–H groups in total. The summed E-state index contributed by atoms with van der Waals surface area (Å²) in [6.07, 6.45) is 3.84. The standard InChI is InChI=1S/C24H24N4O2S/c1-27-21(25-17-9-3-2-8-16(17)24(27)30)13-14-22(29)28-15-7-6-11-19(28)23-26-18-10-4-5-12-20(18)31-23/h2-5,8-10,12,19H,6-7,11,13-15H2,1H3/t19-/m1/s1. The molecule has 0 spiro atoms. The molecule has 1 aliphatic rings. The Kier molecular flexibility index (Phi) is 5.28. The van der Waals surface area contributed by atoms with Gasteiger partial charge in [0.15, 0.2) is 0 Å². The molecule has 2 aromatic carbocycles. The summed E-state index contributed by atoms with van der Waals surface area (Å²) < 4.78 is 2.72. The van der Waals surface area contributed by atoms with Crippen LogP contribution in [0.5, 0.6) is 0 Å². The van der Waals surface area contributed by atoms with Crippen LogP contribution in [0, 0.1) is 0 Å². The Balaban J connectivity index is 1.37. The van der Waals surface area contributed by atoms with Gasteiger partial charge in [-0.3, -0.25) is 14.2 Å². The Hall–Kier alpha value is -3.06.